The summed E-state index contributed by atoms with van der Waals surface area (Å²) in [5.41, 5.74) is 1.38. The van der Waals surface area contributed by atoms with Gasteiger partial charge in [0.05, 0.1) is 6.10 Å². The van der Waals surface area contributed by atoms with Gasteiger partial charge >= 0.3 is 0 Å². The zero-order valence-electron chi connectivity index (χ0n) is 8.55. The molecule has 0 radical (unpaired) electrons. The van der Waals surface area contributed by atoms with E-state index >= 15 is 0 Å². The number of halogens is 1. The molecule has 1 aromatic rings. The van der Waals surface area contributed by atoms with Gasteiger partial charge in [0.15, 0.2) is 0 Å². The Bertz CT molecular complexity index is 323. The van der Waals surface area contributed by atoms with Crippen molar-refractivity contribution >= 4 is 33.9 Å². The van der Waals surface area contributed by atoms with Gasteiger partial charge < -0.3 is 4.74 Å². The van der Waals surface area contributed by atoms with E-state index in [9.17, 15) is 0 Å². The summed E-state index contributed by atoms with van der Waals surface area (Å²) in [6.07, 6.45) is 2.83. The topological polar surface area (TPSA) is 9.23 Å². The summed E-state index contributed by atoms with van der Waals surface area (Å²) in [6.45, 7) is 4.41. The van der Waals surface area contributed by atoms with Crippen LogP contribution in [0.25, 0.3) is 0 Å². The van der Waals surface area contributed by atoms with Crippen molar-refractivity contribution in [3.63, 3.8) is 0 Å². The maximum absolute atomic E-state index is 6.13. The second-order valence-electron chi connectivity index (χ2n) is 4.10. The SMILES string of the molecule is Cc1ccsc1C1(C)CCC(CI)O1. The van der Waals surface area contributed by atoms with Crippen molar-refractivity contribution in [2.24, 2.45) is 0 Å². The van der Waals surface area contributed by atoms with Crippen molar-refractivity contribution in [1.29, 1.82) is 0 Å². The van der Waals surface area contributed by atoms with Crippen molar-refractivity contribution < 1.29 is 4.74 Å². The first kappa shape index (κ1) is 10.9. The van der Waals surface area contributed by atoms with Crippen LogP contribution in [0.5, 0.6) is 0 Å². The molecule has 0 aliphatic carbocycles. The van der Waals surface area contributed by atoms with Crippen molar-refractivity contribution in [3.05, 3.63) is 21.9 Å². The third kappa shape index (κ3) is 1.86. The Balaban J connectivity index is 2.22. The number of aryl methyl sites for hydroxylation is 1. The number of thiophene rings is 1. The fourth-order valence-corrected chi connectivity index (χ4v) is 3.79. The third-order valence-corrected chi connectivity index (χ3v) is 5.13. The van der Waals surface area contributed by atoms with Crippen LogP contribution in [0, 0.1) is 6.92 Å². The molecule has 1 saturated heterocycles. The summed E-state index contributed by atoms with van der Waals surface area (Å²) in [7, 11) is 0. The quantitative estimate of drug-likeness (QED) is 0.593. The Labute approximate surface area is 103 Å². The van der Waals surface area contributed by atoms with Gasteiger partial charge in [0.2, 0.25) is 0 Å². The Morgan fingerprint density at radius 1 is 1.71 bits per heavy atom. The minimum absolute atomic E-state index is 0.00586. The minimum atomic E-state index is -0.00586. The first-order valence-corrected chi connectivity index (χ1v) is 7.34. The Morgan fingerprint density at radius 3 is 3.00 bits per heavy atom. The monoisotopic (exact) mass is 322 g/mol. The highest BCUT2D eigenvalue weighted by Crippen LogP contribution is 2.42. The van der Waals surface area contributed by atoms with E-state index in [1.165, 1.54) is 23.3 Å². The summed E-state index contributed by atoms with van der Waals surface area (Å²) in [5, 5.41) is 2.16. The molecule has 1 aromatic heterocycles. The highest BCUT2D eigenvalue weighted by Gasteiger charge is 2.38. The summed E-state index contributed by atoms with van der Waals surface area (Å²) in [5.74, 6) is 0. The smallest absolute Gasteiger partial charge is 0.100 e. The van der Waals surface area contributed by atoms with E-state index in [-0.39, 0.29) is 5.60 Å². The average Bonchev–Trinajstić information content (AvgIpc) is 2.73. The Hall–Kier alpha value is 0.390. The number of rotatable bonds is 2. The van der Waals surface area contributed by atoms with Crippen LogP contribution in [-0.2, 0) is 10.3 Å². The maximum atomic E-state index is 6.13. The lowest BCUT2D eigenvalue weighted by Crippen LogP contribution is -2.22. The lowest BCUT2D eigenvalue weighted by atomic mass is 9.98. The lowest BCUT2D eigenvalue weighted by molar-refractivity contribution is -0.0192. The fourth-order valence-electron chi connectivity index (χ4n) is 2.11. The molecule has 2 atom stereocenters. The normalized spacial score (nSPS) is 32.4. The van der Waals surface area contributed by atoms with Gasteiger partial charge in [0.25, 0.3) is 0 Å². The van der Waals surface area contributed by atoms with Gasteiger partial charge in [-0.2, -0.15) is 0 Å². The van der Waals surface area contributed by atoms with Crippen LogP contribution in [0.3, 0.4) is 0 Å². The molecule has 2 rings (SSSR count). The standard InChI is InChI=1S/C11H15IOS/c1-8-4-6-14-10(8)11(2)5-3-9(7-12)13-11/h4,6,9H,3,5,7H2,1-2H3. The van der Waals surface area contributed by atoms with Crippen LogP contribution in [0.15, 0.2) is 11.4 Å². The fraction of sp³-hybridized carbons (Fsp3) is 0.636. The van der Waals surface area contributed by atoms with Crippen molar-refractivity contribution in [1.82, 2.24) is 0 Å². The van der Waals surface area contributed by atoms with E-state index in [1.54, 1.807) is 0 Å². The lowest BCUT2D eigenvalue weighted by Gasteiger charge is -2.24. The average molecular weight is 322 g/mol. The predicted molar refractivity (Wildman–Crippen MR) is 69.4 cm³/mol. The van der Waals surface area contributed by atoms with Crippen LogP contribution in [0.2, 0.25) is 0 Å². The van der Waals surface area contributed by atoms with E-state index in [0.717, 1.165) is 4.43 Å². The molecule has 14 heavy (non-hydrogen) atoms. The molecule has 1 fully saturated rings. The van der Waals surface area contributed by atoms with E-state index in [1.807, 2.05) is 11.3 Å². The van der Waals surface area contributed by atoms with Gasteiger partial charge in [0.1, 0.15) is 5.60 Å². The molecule has 1 aliphatic heterocycles. The van der Waals surface area contributed by atoms with Gasteiger partial charge in [0, 0.05) is 9.30 Å². The number of alkyl halides is 1. The molecule has 0 bridgehead atoms. The van der Waals surface area contributed by atoms with Crippen LogP contribution in [-0.4, -0.2) is 10.5 Å². The third-order valence-electron chi connectivity index (χ3n) is 2.88. The largest absolute Gasteiger partial charge is 0.366 e. The molecular formula is C11H15IOS. The molecule has 3 heteroatoms. The molecule has 0 amide bonds. The number of hydrogen-bond donors (Lipinski definition) is 0. The highest BCUT2D eigenvalue weighted by molar-refractivity contribution is 14.1. The van der Waals surface area contributed by atoms with E-state index in [4.69, 9.17) is 4.74 Å². The van der Waals surface area contributed by atoms with Crippen LogP contribution >= 0.6 is 33.9 Å². The Kier molecular flexibility index (Phi) is 3.19. The summed E-state index contributed by atoms with van der Waals surface area (Å²) >= 11 is 4.24. The molecule has 0 N–H and O–H groups in total. The van der Waals surface area contributed by atoms with Crippen molar-refractivity contribution in [2.75, 3.05) is 4.43 Å². The molecule has 2 heterocycles. The second kappa shape index (κ2) is 4.10. The molecule has 0 aromatic carbocycles. The van der Waals surface area contributed by atoms with Crippen LogP contribution in [0.4, 0.5) is 0 Å². The van der Waals surface area contributed by atoms with Gasteiger partial charge in [-0.1, -0.05) is 22.6 Å². The minimum Gasteiger partial charge on any atom is -0.366 e. The van der Waals surface area contributed by atoms with Gasteiger partial charge in [-0.25, -0.2) is 0 Å². The molecule has 2 unspecified atom stereocenters. The van der Waals surface area contributed by atoms with Crippen molar-refractivity contribution in [2.45, 2.75) is 38.4 Å². The Morgan fingerprint density at radius 2 is 2.50 bits per heavy atom. The maximum Gasteiger partial charge on any atom is 0.100 e. The van der Waals surface area contributed by atoms with Crippen LogP contribution < -0.4 is 0 Å². The van der Waals surface area contributed by atoms with E-state index in [0.29, 0.717) is 6.10 Å². The zero-order valence-corrected chi connectivity index (χ0v) is 11.5. The molecule has 78 valence electrons. The summed E-state index contributed by atoms with van der Waals surface area (Å²) < 4.78 is 7.24. The molecule has 0 saturated carbocycles. The molecular weight excluding hydrogens is 307 g/mol. The predicted octanol–water partition coefficient (Wildman–Crippen LogP) is 3.89. The van der Waals surface area contributed by atoms with Gasteiger partial charge in [-0.15, -0.1) is 11.3 Å². The van der Waals surface area contributed by atoms with Crippen LogP contribution in [0.1, 0.15) is 30.2 Å². The molecule has 0 spiro atoms. The van der Waals surface area contributed by atoms with E-state index in [2.05, 4.69) is 47.9 Å². The zero-order chi connectivity index (χ0) is 10.2. The van der Waals surface area contributed by atoms with Crippen molar-refractivity contribution in [3.8, 4) is 0 Å². The first-order valence-electron chi connectivity index (χ1n) is 4.94. The highest BCUT2D eigenvalue weighted by atomic mass is 127. The summed E-state index contributed by atoms with van der Waals surface area (Å²) in [4.78, 5) is 1.42. The second-order valence-corrected chi connectivity index (χ2v) is 5.89. The number of ether oxygens (including phenoxy) is 1. The van der Waals surface area contributed by atoms with E-state index < -0.39 is 0 Å². The van der Waals surface area contributed by atoms with Gasteiger partial charge in [-0.05, 0) is 43.7 Å². The number of hydrogen-bond acceptors (Lipinski definition) is 2. The van der Waals surface area contributed by atoms with Gasteiger partial charge in [-0.3, -0.25) is 0 Å². The summed E-state index contributed by atoms with van der Waals surface area (Å²) in [6, 6.07) is 2.19. The molecule has 1 nitrogen and oxygen atoms in total. The molecule has 1 aliphatic rings. The first-order chi connectivity index (χ1) is 6.65.